The standard InChI is InChI=1S/C11H8F2N2O3S/c12-7-2-1-6(8(13)4-7)3-9-14-15-11(18-9)19-5-10(16)17/h1-2,4H,3,5H2,(H,16,17). The van der Waals surface area contributed by atoms with Crippen molar-refractivity contribution in [1.29, 1.82) is 0 Å². The Morgan fingerprint density at radius 3 is 2.84 bits per heavy atom. The van der Waals surface area contributed by atoms with E-state index in [2.05, 4.69) is 10.2 Å². The molecule has 1 N–H and O–H groups in total. The van der Waals surface area contributed by atoms with Gasteiger partial charge < -0.3 is 9.52 Å². The quantitative estimate of drug-likeness (QED) is 0.848. The Labute approximate surface area is 110 Å². The molecule has 0 radical (unpaired) electrons. The third kappa shape index (κ3) is 3.75. The van der Waals surface area contributed by atoms with Crippen LogP contribution in [0.3, 0.4) is 0 Å². The van der Waals surface area contributed by atoms with Gasteiger partial charge in [0, 0.05) is 6.07 Å². The number of aliphatic carboxylic acids is 1. The summed E-state index contributed by atoms with van der Waals surface area (Å²) in [6.07, 6.45) is 0.0206. The zero-order valence-electron chi connectivity index (χ0n) is 9.47. The van der Waals surface area contributed by atoms with Crippen molar-refractivity contribution in [3.8, 4) is 0 Å². The van der Waals surface area contributed by atoms with E-state index in [1.54, 1.807) is 0 Å². The highest BCUT2D eigenvalue weighted by Crippen LogP contribution is 2.19. The summed E-state index contributed by atoms with van der Waals surface area (Å²) in [6, 6.07) is 3.19. The van der Waals surface area contributed by atoms with E-state index in [0.29, 0.717) is 0 Å². The van der Waals surface area contributed by atoms with E-state index in [1.165, 1.54) is 6.07 Å². The Hall–Kier alpha value is -1.96. The topological polar surface area (TPSA) is 76.2 Å². The molecule has 2 aromatic rings. The molecule has 0 aliphatic rings. The number of carboxylic acids is 1. The number of halogens is 2. The van der Waals surface area contributed by atoms with Crippen LogP contribution in [0.25, 0.3) is 0 Å². The second-order valence-electron chi connectivity index (χ2n) is 3.56. The van der Waals surface area contributed by atoms with Crippen molar-refractivity contribution in [2.45, 2.75) is 11.6 Å². The van der Waals surface area contributed by atoms with Crippen molar-refractivity contribution in [3.05, 3.63) is 41.3 Å². The van der Waals surface area contributed by atoms with Crippen LogP contribution in [0.15, 0.2) is 27.8 Å². The summed E-state index contributed by atoms with van der Waals surface area (Å²) in [4.78, 5) is 10.4. The fourth-order valence-electron chi connectivity index (χ4n) is 1.32. The van der Waals surface area contributed by atoms with Crippen LogP contribution >= 0.6 is 11.8 Å². The van der Waals surface area contributed by atoms with E-state index >= 15 is 0 Å². The number of nitrogens with zero attached hydrogens (tertiary/aromatic N) is 2. The van der Waals surface area contributed by atoms with E-state index in [9.17, 15) is 13.6 Å². The smallest absolute Gasteiger partial charge is 0.314 e. The second-order valence-corrected chi connectivity index (χ2v) is 4.48. The molecule has 2 rings (SSSR count). The molecule has 8 heteroatoms. The summed E-state index contributed by atoms with van der Waals surface area (Å²) in [7, 11) is 0. The maximum Gasteiger partial charge on any atom is 0.314 e. The van der Waals surface area contributed by atoms with Gasteiger partial charge in [-0.25, -0.2) is 8.78 Å². The number of hydrogen-bond acceptors (Lipinski definition) is 5. The predicted octanol–water partition coefficient (Wildman–Crippen LogP) is 2.12. The molecular weight excluding hydrogens is 278 g/mol. The Morgan fingerprint density at radius 2 is 2.16 bits per heavy atom. The highest BCUT2D eigenvalue weighted by molar-refractivity contribution is 7.99. The Balaban J connectivity index is 2.05. The van der Waals surface area contributed by atoms with E-state index in [1.807, 2.05) is 0 Å². The first kappa shape index (κ1) is 13.5. The number of carboxylic acid groups (broad SMARTS) is 1. The highest BCUT2D eigenvalue weighted by atomic mass is 32.2. The summed E-state index contributed by atoms with van der Waals surface area (Å²) < 4.78 is 31.2. The van der Waals surface area contributed by atoms with Crippen LogP contribution in [0.4, 0.5) is 8.78 Å². The molecule has 100 valence electrons. The molecule has 19 heavy (non-hydrogen) atoms. The van der Waals surface area contributed by atoms with Gasteiger partial charge in [0.05, 0.1) is 6.42 Å². The number of aromatic nitrogens is 2. The van der Waals surface area contributed by atoms with Gasteiger partial charge in [-0.1, -0.05) is 17.8 Å². The lowest BCUT2D eigenvalue weighted by Gasteiger charge is -1.99. The fourth-order valence-corrected chi connectivity index (χ4v) is 1.82. The zero-order valence-corrected chi connectivity index (χ0v) is 10.3. The molecule has 0 aliphatic carbocycles. The molecule has 1 aromatic heterocycles. The van der Waals surface area contributed by atoms with Gasteiger partial charge >= 0.3 is 5.97 Å². The maximum atomic E-state index is 13.4. The van der Waals surface area contributed by atoms with Crippen LogP contribution in [-0.2, 0) is 11.2 Å². The van der Waals surface area contributed by atoms with Gasteiger partial charge in [0.2, 0.25) is 5.89 Å². The molecule has 0 amide bonds. The maximum absolute atomic E-state index is 13.4. The van der Waals surface area contributed by atoms with E-state index < -0.39 is 17.6 Å². The molecular formula is C11H8F2N2O3S. The van der Waals surface area contributed by atoms with Crippen molar-refractivity contribution >= 4 is 17.7 Å². The van der Waals surface area contributed by atoms with Gasteiger partial charge in [-0.15, -0.1) is 10.2 Å². The molecule has 1 heterocycles. The summed E-state index contributed by atoms with van der Waals surface area (Å²) >= 11 is 0.873. The molecule has 0 aliphatic heterocycles. The molecule has 0 unspecified atom stereocenters. The third-order valence-electron chi connectivity index (χ3n) is 2.12. The molecule has 0 bridgehead atoms. The van der Waals surface area contributed by atoms with Gasteiger partial charge in [-0.05, 0) is 11.6 Å². The first-order valence-electron chi connectivity index (χ1n) is 5.15. The van der Waals surface area contributed by atoms with E-state index in [4.69, 9.17) is 9.52 Å². The lowest BCUT2D eigenvalue weighted by atomic mass is 10.1. The third-order valence-corrected chi connectivity index (χ3v) is 2.93. The van der Waals surface area contributed by atoms with Crippen LogP contribution < -0.4 is 0 Å². The first-order valence-corrected chi connectivity index (χ1v) is 6.14. The second kappa shape index (κ2) is 5.79. The van der Waals surface area contributed by atoms with Crippen LogP contribution in [0, 0.1) is 11.6 Å². The van der Waals surface area contributed by atoms with Crippen molar-refractivity contribution in [2.75, 3.05) is 5.75 Å². The SMILES string of the molecule is O=C(O)CSc1nnc(Cc2ccc(F)cc2F)o1. The Bertz CT molecular complexity index is 603. The van der Waals surface area contributed by atoms with Crippen LogP contribution in [0.2, 0.25) is 0 Å². The lowest BCUT2D eigenvalue weighted by molar-refractivity contribution is -0.133. The van der Waals surface area contributed by atoms with Gasteiger partial charge in [0.15, 0.2) is 0 Å². The number of hydrogen-bond donors (Lipinski definition) is 1. The average molecular weight is 286 g/mol. The summed E-state index contributed by atoms with van der Waals surface area (Å²) in [5, 5.41) is 15.9. The Morgan fingerprint density at radius 1 is 1.37 bits per heavy atom. The summed E-state index contributed by atoms with van der Waals surface area (Å²) in [5.41, 5.74) is 0.222. The van der Waals surface area contributed by atoms with Crippen molar-refractivity contribution in [1.82, 2.24) is 10.2 Å². The summed E-state index contributed by atoms with van der Waals surface area (Å²) in [5.74, 6) is -2.43. The molecule has 0 saturated carbocycles. The highest BCUT2D eigenvalue weighted by Gasteiger charge is 2.12. The monoisotopic (exact) mass is 286 g/mol. The van der Waals surface area contributed by atoms with Crippen molar-refractivity contribution in [2.24, 2.45) is 0 Å². The van der Waals surface area contributed by atoms with E-state index in [-0.39, 0.29) is 28.9 Å². The van der Waals surface area contributed by atoms with Crippen molar-refractivity contribution < 1.29 is 23.1 Å². The molecule has 0 atom stereocenters. The minimum atomic E-state index is -1.01. The predicted molar refractivity (Wildman–Crippen MR) is 61.8 cm³/mol. The fraction of sp³-hybridized carbons (Fsp3) is 0.182. The summed E-state index contributed by atoms with van der Waals surface area (Å²) in [6.45, 7) is 0. The minimum absolute atomic E-state index is 0.0206. The first-order chi connectivity index (χ1) is 9.04. The van der Waals surface area contributed by atoms with Gasteiger partial charge in [0.1, 0.15) is 17.4 Å². The molecule has 0 saturated heterocycles. The average Bonchev–Trinajstić information content (AvgIpc) is 2.78. The van der Waals surface area contributed by atoms with Gasteiger partial charge in [0.25, 0.3) is 5.22 Å². The molecule has 0 spiro atoms. The lowest BCUT2D eigenvalue weighted by Crippen LogP contribution is -1.97. The van der Waals surface area contributed by atoms with Crippen LogP contribution in [-0.4, -0.2) is 27.0 Å². The number of carbonyl (C=O) groups is 1. The number of benzene rings is 1. The van der Waals surface area contributed by atoms with Crippen LogP contribution in [0.1, 0.15) is 11.5 Å². The van der Waals surface area contributed by atoms with E-state index in [0.717, 1.165) is 23.9 Å². The van der Waals surface area contributed by atoms with Gasteiger partial charge in [-0.3, -0.25) is 4.79 Å². The van der Waals surface area contributed by atoms with Crippen molar-refractivity contribution in [3.63, 3.8) is 0 Å². The number of thioether (sulfide) groups is 1. The molecule has 5 nitrogen and oxygen atoms in total. The van der Waals surface area contributed by atoms with Crippen LogP contribution in [0.5, 0.6) is 0 Å². The van der Waals surface area contributed by atoms with Gasteiger partial charge in [-0.2, -0.15) is 0 Å². The zero-order chi connectivity index (χ0) is 13.8. The Kier molecular flexibility index (Phi) is 4.10. The normalized spacial score (nSPS) is 10.6. The molecule has 0 fully saturated rings. The number of rotatable bonds is 5. The molecule has 1 aromatic carbocycles. The largest absolute Gasteiger partial charge is 0.481 e. The minimum Gasteiger partial charge on any atom is -0.481 e.